The molecule has 0 spiro atoms. The molecule has 1 aliphatic carbocycles. The number of hydrogen-bond donors (Lipinski definition) is 5. The standard InChI is InChI=1S/C25H30N8O4/c34-22(13-16-2-1-3-16)30-31-23(35)18-4-5-19-20(14-18)28-24(27-19)29-21-12-17(6-7-26-21)15-32-8-10-33(11-9-32)25(36)37/h4-7,12,14,16H,1-3,8-11,13,15H2,(H,30,34)(H,31,35)(H,36,37)(H2,26,27,28,29). The van der Waals surface area contributed by atoms with E-state index in [9.17, 15) is 14.4 Å². The monoisotopic (exact) mass is 506 g/mol. The highest BCUT2D eigenvalue weighted by molar-refractivity contribution is 5.98. The van der Waals surface area contributed by atoms with Gasteiger partial charge in [0.15, 0.2) is 0 Å². The summed E-state index contributed by atoms with van der Waals surface area (Å²) in [6, 6.07) is 8.94. The van der Waals surface area contributed by atoms with Gasteiger partial charge in [-0.2, -0.15) is 0 Å². The van der Waals surface area contributed by atoms with Crippen molar-refractivity contribution in [2.45, 2.75) is 32.2 Å². The maximum absolute atomic E-state index is 12.5. The van der Waals surface area contributed by atoms with Gasteiger partial charge in [-0.1, -0.05) is 6.42 Å². The van der Waals surface area contributed by atoms with Crippen LogP contribution in [-0.4, -0.2) is 73.9 Å². The van der Waals surface area contributed by atoms with E-state index in [0.717, 1.165) is 18.4 Å². The van der Waals surface area contributed by atoms with Crippen LogP contribution in [0.1, 0.15) is 41.6 Å². The highest BCUT2D eigenvalue weighted by Gasteiger charge is 2.22. The molecule has 3 amide bonds. The van der Waals surface area contributed by atoms with Crippen LogP contribution in [0, 0.1) is 5.92 Å². The van der Waals surface area contributed by atoms with Crippen molar-refractivity contribution in [2.24, 2.45) is 5.92 Å². The molecule has 2 aliphatic rings. The highest BCUT2D eigenvalue weighted by atomic mass is 16.4. The van der Waals surface area contributed by atoms with Gasteiger partial charge in [-0.15, -0.1) is 0 Å². The number of nitrogens with one attached hydrogen (secondary N) is 4. The number of carbonyl (C=O) groups excluding carboxylic acids is 2. The normalized spacial score (nSPS) is 16.3. The number of H-pyrrole nitrogens is 1. The van der Waals surface area contributed by atoms with Crippen molar-refractivity contribution in [3.05, 3.63) is 47.7 Å². The number of hydrogen-bond acceptors (Lipinski definition) is 7. The lowest BCUT2D eigenvalue weighted by Crippen LogP contribution is -2.47. The summed E-state index contributed by atoms with van der Waals surface area (Å²) in [6.45, 7) is 3.05. The zero-order chi connectivity index (χ0) is 25.8. The van der Waals surface area contributed by atoms with Gasteiger partial charge in [0.05, 0.1) is 11.0 Å². The molecule has 12 nitrogen and oxygen atoms in total. The Morgan fingerprint density at radius 2 is 1.86 bits per heavy atom. The molecule has 0 bridgehead atoms. The topological polar surface area (TPSA) is 156 Å². The molecule has 0 radical (unpaired) electrons. The van der Waals surface area contributed by atoms with Gasteiger partial charge in [0.2, 0.25) is 11.9 Å². The van der Waals surface area contributed by atoms with Crippen LogP contribution in [0.3, 0.4) is 0 Å². The molecule has 2 fully saturated rings. The summed E-state index contributed by atoms with van der Waals surface area (Å²) in [5.74, 6) is 0.957. The molecule has 1 aliphatic heterocycles. The molecule has 1 saturated carbocycles. The number of hydrazine groups is 1. The molecular formula is C25H30N8O4. The number of imidazole rings is 1. The van der Waals surface area contributed by atoms with E-state index >= 15 is 0 Å². The number of carboxylic acid groups (broad SMARTS) is 1. The number of aromatic amines is 1. The van der Waals surface area contributed by atoms with Crippen molar-refractivity contribution in [1.82, 2.24) is 35.6 Å². The lowest BCUT2D eigenvalue weighted by atomic mass is 9.83. The number of nitrogens with zero attached hydrogens (tertiary/aromatic N) is 4. The Bertz CT molecular complexity index is 1300. The summed E-state index contributed by atoms with van der Waals surface area (Å²) in [6.07, 6.45) is 4.58. The summed E-state index contributed by atoms with van der Waals surface area (Å²) in [5, 5.41) is 12.3. The van der Waals surface area contributed by atoms with Gasteiger partial charge >= 0.3 is 6.09 Å². The third-order valence-electron chi connectivity index (χ3n) is 6.88. The minimum atomic E-state index is -0.875. The van der Waals surface area contributed by atoms with Crippen molar-refractivity contribution in [3.8, 4) is 0 Å². The number of fused-ring (bicyclic) bond motifs is 1. The molecule has 3 aromatic rings. The Morgan fingerprint density at radius 1 is 1.05 bits per heavy atom. The SMILES string of the molecule is O=C(CC1CCC1)NNC(=O)c1ccc2nc(Nc3cc(CN4CCN(C(=O)O)CC4)ccn3)[nH]c2c1. The van der Waals surface area contributed by atoms with E-state index in [4.69, 9.17) is 5.11 Å². The quantitative estimate of drug-likeness (QED) is 0.306. The Balaban J connectivity index is 1.17. The minimum absolute atomic E-state index is 0.176. The van der Waals surface area contributed by atoms with Gasteiger partial charge in [0.25, 0.3) is 5.91 Å². The lowest BCUT2D eigenvalue weighted by Gasteiger charge is -2.33. The molecule has 3 heterocycles. The first-order valence-corrected chi connectivity index (χ1v) is 12.4. The molecule has 194 valence electrons. The molecule has 12 heteroatoms. The number of amides is 3. The molecule has 37 heavy (non-hydrogen) atoms. The zero-order valence-corrected chi connectivity index (χ0v) is 20.4. The summed E-state index contributed by atoms with van der Waals surface area (Å²) in [7, 11) is 0. The number of benzene rings is 1. The number of piperazine rings is 1. The van der Waals surface area contributed by atoms with Crippen LogP contribution >= 0.6 is 0 Å². The number of anilines is 2. The molecule has 0 unspecified atom stereocenters. The van der Waals surface area contributed by atoms with Gasteiger partial charge in [0, 0.05) is 50.9 Å². The Kier molecular flexibility index (Phi) is 7.17. The van der Waals surface area contributed by atoms with Gasteiger partial charge < -0.3 is 20.3 Å². The van der Waals surface area contributed by atoms with Crippen LogP contribution in [0.5, 0.6) is 0 Å². The predicted molar refractivity (Wildman–Crippen MR) is 136 cm³/mol. The van der Waals surface area contributed by atoms with Crippen molar-refractivity contribution in [1.29, 1.82) is 0 Å². The summed E-state index contributed by atoms with van der Waals surface area (Å²) < 4.78 is 0. The highest BCUT2D eigenvalue weighted by Crippen LogP contribution is 2.29. The minimum Gasteiger partial charge on any atom is -0.465 e. The molecule has 1 aromatic carbocycles. The van der Waals surface area contributed by atoms with Crippen LogP contribution < -0.4 is 16.2 Å². The van der Waals surface area contributed by atoms with Crippen LogP contribution in [0.25, 0.3) is 11.0 Å². The van der Waals surface area contributed by atoms with E-state index in [1.807, 2.05) is 12.1 Å². The lowest BCUT2D eigenvalue weighted by molar-refractivity contribution is -0.123. The molecule has 0 atom stereocenters. The predicted octanol–water partition coefficient (Wildman–Crippen LogP) is 2.45. The van der Waals surface area contributed by atoms with E-state index in [0.29, 0.717) is 73.4 Å². The van der Waals surface area contributed by atoms with Crippen molar-refractivity contribution in [2.75, 3.05) is 31.5 Å². The Hall–Kier alpha value is -4.19. The molecule has 5 N–H and O–H groups in total. The molecule has 5 rings (SSSR count). The van der Waals surface area contributed by atoms with Crippen LogP contribution in [-0.2, 0) is 11.3 Å². The third-order valence-corrected chi connectivity index (χ3v) is 6.88. The van der Waals surface area contributed by atoms with Crippen LogP contribution in [0.4, 0.5) is 16.6 Å². The number of rotatable bonds is 7. The molecule has 2 aromatic heterocycles. The first-order valence-electron chi connectivity index (χ1n) is 12.4. The number of pyridine rings is 1. The number of aromatic nitrogens is 3. The van der Waals surface area contributed by atoms with E-state index < -0.39 is 12.0 Å². The second-order valence-corrected chi connectivity index (χ2v) is 9.54. The van der Waals surface area contributed by atoms with E-state index in [1.165, 1.54) is 11.3 Å². The van der Waals surface area contributed by atoms with E-state index in [2.05, 4.69) is 36.0 Å². The van der Waals surface area contributed by atoms with Crippen molar-refractivity contribution in [3.63, 3.8) is 0 Å². The average Bonchev–Trinajstić information content (AvgIpc) is 3.26. The van der Waals surface area contributed by atoms with Crippen molar-refractivity contribution >= 4 is 40.7 Å². The summed E-state index contributed by atoms with van der Waals surface area (Å²) in [5.41, 5.74) is 7.77. The summed E-state index contributed by atoms with van der Waals surface area (Å²) >= 11 is 0. The fourth-order valence-corrected chi connectivity index (χ4v) is 4.54. The van der Waals surface area contributed by atoms with Crippen molar-refractivity contribution < 1.29 is 19.5 Å². The third kappa shape index (κ3) is 6.15. The second kappa shape index (κ2) is 10.8. The first-order chi connectivity index (χ1) is 17.9. The van der Waals surface area contributed by atoms with Gasteiger partial charge in [-0.05, 0) is 54.7 Å². The zero-order valence-electron chi connectivity index (χ0n) is 20.4. The average molecular weight is 507 g/mol. The fraction of sp³-hybridized carbons (Fsp3) is 0.400. The van der Waals surface area contributed by atoms with Crippen LogP contribution in [0.15, 0.2) is 36.5 Å². The van der Waals surface area contributed by atoms with Gasteiger partial charge in [-0.25, -0.2) is 14.8 Å². The fourth-order valence-electron chi connectivity index (χ4n) is 4.54. The maximum atomic E-state index is 12.5. The maximum Gasteiger partial charge on any atom is 0.407 e. The molecular weight excluding hydrogens is 476 g/mol. The van der Waals surface area contributed by atoms with Gasteiger partial charge in [-0.3, -0.25) is 25.3 Å². The molecule has 1 saturated heterocycles. The van der Waals surface area contributed by atoms with E-state index in [-0.39, 0.29) is 5.91 Å². The van der Waals surface area contributed by atoms with Crippen LogP contribution in [0.2, 0.25) is 0 Å². The Labute approximate surface area is 213 Å². The van der Waals surface area contributed by atoms with E-state index in [1.54, 1.807) is 24.4 Å². The second-order valence-electron chi connectivity index (χ2n) is 9.54. The largest absolute Gasteiger partial charge is 0.465 e. The number of carbonyl (C=O) groups is 3. The Morgan fingerprint density at radius 3 is 2.59 bits per heavy atom. The smallest absolute Gasteiger partial charge is 0.407 e. The van der Waals surface area contributed by atoms with Gasteiger partial charge in [0.1, 0.15) is 5.82 Å². The summed E-state index contributed by atoms with van der Waals surface area (Å²) in [4.78, 5) is 51.2. The first kappa shape index (κ1) is 24.5.